The molecule has 0 unspecified atom stereocenters. The summed E-state index contributed by atoms with van der Waals surface area (Å²) in [7, 11) is 4.11. The van der Waals surface area contributed by atoms with Gasteiger partial charge >= 0.3 is 0 Å². The van der Waals surface area contributed by atoms with E-state index in [1.54, 1.807) is 0 Å². The van der Waals surface area contributed by atoms with Crippen LogP contribution in [0.25, 0.3) is 23.1 Å². The number of nitrogens with zero attached hydrogens (tertiary/aromatic N) is 3. The van der Waals surface area contributed by atoms with Crippen molar-refractivity contribution in [3.63, 3.8) is 0 Å². The minimum Gasteiger partial charge on any atom is -0.398 e. The molecular formula is C23H28N4O3. The summed E-state index contributed by atoms with van der Waals surface area (Å²) in [6, 6.07) is 19.0. The van der Waals surface area contributed by atoms with Gasteiger partial charge in [0.05, 0.1) is 16.2 Å². The molecule has 1 aromatic heterocycles. The molecule has 2 N–H and O–H groups in total. The molecule has 0 radical (unpaired) electrons. The van der Waals surface area contributed by atoms with E-state index in [9.17, 15) is 0 Å². The van der Waals surface area contributed by atoms with Crippen LogP contribution in [-0.4, -0.2) is 19.2 Å². The summed E-state index contributed by atoms with van der Waals surface area (Å²) < 4.78 is 2.37. The fourth-order valence-corrected chi connectivity index (χ4v) is 3.18. The first-order valence-corrected chi connectivity index (χ1v) is 9.81. The normalized spacial score (nSPS) is 10.6. The Hall–Kier alpha value is -3.61. The van der Waals surface area contributed by atoms with Gasteiger partial charge in [-0.25, -0.2) is 0 Å². The van der Waals surface area contributed by atoms with Crippen LogP contribution in [0.2, 0.25) is 0 Å². The standard InChI is InChI=1S/C23H27N3.NO3/c1-4-5-16-26-20(17-22(24)21-8-6-7-9-23(21)26)15-12-18-10-13-19(14-11-18)25(2)3;2-1(3)4/h6-15,17,24H,4-5,16H2,1-3H3;/q;-1/p+1/b15-12+;. The maximum Gasteiger partial charge on any atom is 0.215 e. The van der Waals surface area contributed by atoms with E-state index in [0.29, 0.717) is 0 Å². The molecule has 3 aromatic rings. The number of hydrogen-bond donors (Lipinski definition) is 1. The van der Waals surface area contributed by atoms with Gasteiger partial charge in [0.1, 0.15) is 6.54 Å². The first-order chi connectivity index (χ1) is 14.3. The van der Waals surface area contributed by atoms with E-state index in [4.69, 9.17) is 21.1 Å². The topological polar surface area (TPSA) is 99.3 Å². The van der Waals surface area contributed by atoms with Crippen molar-refractivity contribution in [1.82, 2.24) is 0 Å². The summed E-state index contributed by atoms with van der Waals surface area (Å²) in [4.78, 5) is 10.4. The number of rotatable bonds is 6. The number of fused-ring (bicyclic) bond motifs is 1. The number of anilines is 2. The molecule has 3 rings (SSSR count). The van der Waals surface area contributed by atoms with Crippen molar-refractivity contribution in [2.75, 3.05) is 24.7 Å². The predicted octanol–water partition coefficient (Wildman–Crippen LogP) is 4.51. The summed E-state index contributed by atoms with van der Waals surface area (Å²) in [5.74, 6) is 0. The molecule has 0 atom stereocenters. The predicted molar refractivity (Wildman–Crippen MR) is 124 cm³/mol. The second-order valence-corrected chi connectivity index (χ2v) is 7.09. The summed E-state index contributed by atoms with van der Waals surface area (Å²) in [5, 5.41) is 15.9. The molecule has 2 aromatic carbocycles. The Morgan fingerprint density at radius 2 is 1.70 bits per heavy atom. The van der Waals surface area contributed by atoms with Gasteiger partial charge < -0.3 is 26.0 Å². The van der Waals surface area contributed by atoms with E-state index < -0.39 is 5.09 Å². The van der Waals surface area contributed by atoms with Crippen molar-refractivity contribution < 1.29 is 9.65 Å². The first kappa shape index (κ1) is 22.7. The van der Waals surface area contributed by atoms with Crippen molar-refractivity contribution in [1.29, 1.82) is 0 Å². The number of nitrogens with two attached hydrogens (primary N) is 1. The van der Waals surface area contributed by atoms with Crippen LogP contribution >= 0.6 is 0 Å². The van der Waals surface area contributed by atoms with Crippen molar-refractivity contribution in [3.05, 3.63) is 81.2 Å². The van der Waals surface area contributed by atoms with Gasteiger partial charge in [-0.2, -0.15) is 4.57 Å². The number of benzene rings is 2. The molecule has 0 aliphatic rings. The van der Waals surface area contributed by atoms with Gasteiger partial charge in [0.15, 0.2) is 0 Å². The highest BCUT2D eigenvalue weighted by atomic mass is 16.9. The smallest absolute Gasteiger partial charge is 0.215 e. The van der Waals surface area contributed by atoms with Gasteiger partial charge in [0.25, 0.3) is 0 Å². The van der Waals surface area contributed by atoms with E-state index in [1.165, 1.54) is 23.2 Å². The Balaban J connectivity index is 0.000000735. The first-order valence-electron chi connectivity index (χ1n) is 9.81. The molecule has 158 valence electrons. The van der Waals surface area contributed by atoms with Gasteiger partial charge in [-0.05, 0) is 29.8 Å². The maximum absolute atomic E-state index is 8.25. The average Bonchev–Trinajstić information content (AvgIpc) is 2.72. The van der Waals surface area contributed by atoms with Crippen molar-refractivity contribution in [2.24, 2.45) is 0 Å². The van der Waals surface area contributed by atoms with E-state index in [2.05, 4.69) is 91.2 Å². The number of hydrogen-bond acceptors (Lipinski definition) is 5. The third kappa shape index (κ3) is 6.20. The van der Waals surface area contributed by atoms with Gasteiger partial charge in [-0.15, -0.1) is 0 Å². The number of para-hydroxylation sites is 1. The SMILES string of the molecule is CCCC[n+]1c(/C=C/c2ccc(N(C)C)cc2)cc(N)c2ccccc21.O=[N+]([O-])[O-]. The zero-order valence-corrected chi connectivity index (χ0v) is 17.6. The molecule has 0 saturated carbocycles. The Morgan fingerprint density at radius 3 is 2.30 bits per heavy atom. The molecular weight excluding hydrogens is 380 g/mol. The number of pyridine rings is 1. The second-order valence-electron chi connectivity index (χ2n) is 7.09. The Bertz CT molecular complexity index is 1010. The fourth-order valence-electron chi connectivity index (χ4n) is 3.18. The van der Waals surface area contributed by atoms with Gasteiger partial charge in [-0.1, -0.05) is 37.6 Å². The zero-order valence-electron chi connectivity index (χ0n) is 17.6. The fraction of sp³-hybridized carbons (Fsp3) is 0.261. The Kier molecular flexibility index (Phi) is 8.17. The molecule has 0 bridgehead atoms. The van der Waals surface area contributed by atoms with Crippen molar-refractivity contribution in [3.8, 4) is 0 Å². The van der Waals surface area contributed by atoms with Crippen molar-refractivity contribution >= 4 is 34.4 Å². The summed E-state index contributed by atoms with van der Waals surface area (Å²) in [6.07, 6.45) is 6.65. The van der Waals surface area contributed by atoms with E-state index in [0.717, 1.165) is 29.7 Å². The Labute approximate surface area is 176 Å². The van der Waals surface area contributed by atoms with Gasteiger partial charge in [0, 0.05) is 44.4 Å². The largest absolute Gasteiger partial charge is 0.398 e. The minimum absolute atomic E-state index is 0.830. The molecule has 1 heterocycles. The molecule has 0 amide bonds. The van der Waals surface area contributed by atoms with E-state index in [1.807, 2.05) is 6.07 Å². The van der Waals surface area contributed by atoms with Crippen LogP contribution in [0.5, 0.6) is 0 Å². The third-order valence-corrected chi connectivity index (χ3v) is 4.71. The highest BCUT2D eigenvalue weighted by Crippen LogP contribution is 2.21. The average molecular weight is 409 g/mol. The lowest BCUT2D eigenvalue weighted by Crippen LogP contribution is -2.38. The number of aromatic nitrogens is 1. The summed E-state index contributed by atoms with van der Waals surface area (Å²) in [5.41, 5.74) is 11.9. The summed E-state index contributed by atoms with van der Waals surface area (Å²) in [6.45, 7) is 3.22. The highest BCUT2D eigenvalue weighted by Gasteiger charge is 2.15. The molecule has 0 fully saturated rings. The molecule has 7 heteroatoms. The van der Waals surface area contributed by atoms with Crippen LogP contribution in [0, 0.1) is 15.3 Å². The number of nitrogen functional groups attached to an aromatic ring is 1. The third-order valence-electron chi connectivity index (χ3n) is 4.71. The minimum atomic E-state index is -1.75. The van der Waals surface area contributed by atoms with Gasteiger partial charge in [0.2, 0.25) is 11.2 Å². The quantitative estimate of drug-likeness (QED) is 0.368. The maximum atomic E-state index is 8.25. The van der Waals surface area contributed by atoms with Crippen molar-refractivity contribution in [2.45, 2.75) is 26.3 Å². The van der Waals surface area contributed by atoms with E-state index in [-0.39, 0.29) is 0 Å². The second kappa shape index (κ2) is 10.8. The lowest BCUT2D eigenvalue weighted by Gasteiger charge is -2.11. The van der Waals surface area contributed by atoms with Crippen LogP contribution in [0.1, 0.15) is 31.0 Å². The van der Waals surface area contributed by atoms with Crippen LogP contribution in [0.15, 0.2) is 54.6 Å². The lowest BCUT2D eigenvalue weighted by atomic mass is 10.1. The lowest BCUT2D eigenvalue weighted by molar-refractivity contribution is -0.673. The summed E-state index contributed by atoms with van der Waals surface area (Å²) >= 11 is 0. The molecule has 0 spiro atoms. The molecule has 0 aliphatic carbocycles. The molecule has 0 aliphatic heterocycles. The zero-order chi connectivity index (χ0) is 22.1. The number of unbranched alkanes of at least 4 members (excludes halogenated alkanes) is 1. The number of aryl methyl sites for hydroxylation is 1. The molecule has 30 heavy (non-hydrogen) atoms. The monoisotopic (exact) mass is 408 g/mol. The van der Waals surface area contributed by atoms with Gasteiger partial charge in [-0.3, -0.25) is 0 Å². The van der Waals surface area contributed by atoms with Crippen LogP contribution < -0.4 is 15.2 Å². The Morgan fingerprint density at radius 1 is 1.07 bits per heavy atom. The highest BCUT2D eigenvalue weighted by molar-refractivity contribution is 5.89. The molecule has 7 nitrogen and oxygen atoms in total. The van der Waals surface area contributed by atoms with Crippen LogP contribution in [0.4, 0.5) is 11.4 Å². The van der Waals surface area contributed by atoms with Crippen LogP contribution in [-0.2, 0) is 6.54 Å². The van der Waals surface area contributed by atoms with Crippen LogP contribution in [0.3, 0.4) is 0 Å². The van der Waals surface area contributed by atoms with E-state index >= 15 is 0 Å². The molecule has 0 saturated heterocycles.